The van der Waals surface area contributed by atoms with Crippen LogP contribution in [-0.2, 0) is 21.6 Å². The van der Waals surface area contributed by atoms with E-state index in [9.17, 15) is 18.0 Å². The lowest BCUT2D eigenvalue weighted by Crippen LogP contribution is -2.42. The zero-order chi connectivity index (χ0) is 15.6. The molecule has 2 N–H and O–H groups in total. The largest absolute Gasteiger partial charge is 0.481 e. The van der Waals surface area contributed by atoms with Gasteiger partial charge in [-0.2, -0.15) is 4.39 Å². The van der Waals surface area contributed by atoms with Crippen LogP contribution in [0.15, 0.2) is 24.3 Å². The third-order valence-corrected chi connectivity index (χ3v) is 2.68. The Morgan fingerprint density at radius 3 is 2.40 bits per heavy atom. The molecule has 0 aliphatic carbocycles. The molecule has 1 aromatic rings. The van der Waals surface area contributed by atoms with Crippen LogP contribution in [0.1, 0.15) is 25.0 Å². The summed E-state index contributed by atoms with van der Waals surface area (Å²) in [5.74, 6) is -1.13. The van der Waals surface area contributed by atoms with Gasteiger partial charge in [-0.25, -0.2) is 8.78 Å². The van der Waals surface area contributed by atoms with Crippen LogP contribution >= 0.6 is 0 Å². The first-order valence-electron chi connectivity index (χ1n) is 5.76. The van der Waals surface area contributed by atoms with Crippen molar-refractivity contribution in [3.8, 4) is 0 Å². The summed E-state index contributed by atoms with van der Waals surface area (Å²) in [5, 5.41) is 17.7. The van der Waals surface area contributed by atoms with Crippen molar-refractivity contribution >= 4 is 5.97 Å². The minimum Gasteiger partial charge on any atom is -0.481 e. The predicted octanol–water partition coefficient (Wildman–Crippen LogP) is 2.45. The van der Waals surface area contributed by atoms with E-state index in [1.807, 2.05) is 0 Å². The fourth-order valence-electron chi connectivity index (χ4n) is 1.88. The number of carboxylic acids is 1. The average molecular weight is 292 g/mol. The number of aliphatic hydroxyl groups is 1. The number of rotatable bonds is 6. The van der Waals surface area contributed by atoms with Crippen LogP contribution in [0.4, 0.5) is 13.2 Å². The number of hydrogen-bond donors (Lipinski definition) is 2. The number of aliphatic carboxylic acids is 1. The van der Waals surface area contributed by atoms with Crippen LogP contribution in [0.2, 0.25) is 0 Å². The minimum absolute atomic E-state index is 0.208. The summed E-state index contributed by atoms with van der Waals surface area (Å²) in [6.07, 6.45) is -4.11. The van der Waals surface area contributed by atoms with Gasteiger partial charge >= 0.3 is 18.4 Å². The quantitative estimate of drug-likeness (QED) is 0.790. The third kappa shape index (κ3) is 3.94. The lowest BCUT2D eigenvalue weighted by Gasteiger charge is -2.32. The zero-order valence-corrected chi connectivity index (χ0v) is 10.9. The Morgan fingerprint density at radius 1 is 1.35 bits per heavy atom. The summed E-state index contributed by atoms with van der Waals surface area (Å²) < 4.78 is 42.3. The molecule has 0 spiro atoms. The maximum absolute atomic E-state index is 13.3. The Balaban J connectivity index is 3.12. The van der Waals surface area contributed by atoms with Crippen LogP contribution in [0.25, 0.3) is 0 Å². The SMILES string of the molecule is CC(C)(OC(O)(F)C(F)F)c1ccccc1CC(=O)O. The van der Waals surface area contributed by atoms with Gasteiger partial charge in [0.25, 0.3) is 0 Å². The minimum atomic E-state index is -4.11. The van der Waals surface area contributed by atoms with E-state index < -0.39 is 24.0 Å². The molecule has 0 saturated heterocycles. The summed E-state index contributed by atoms with van der Waals surface area (Å²) in [7, 11) is 0. The smallest absolute Gasteiger partial charge is 0.381 e. The second kappa shape index (κ2) is 5.80. The maximum Gasteiger partial charge on any atom is 0.381 e. The van der Waals surface area contributed by atoms with Crippen LogP contribution in [0.3, 0.4) is 0 Å². The van der Waals surface area contributed by atoms with Gasteiger partial charge in [0.2, 0.25) is 0 Å². The summed E-state index contributed by atoms with van der Waals surface area (Å²) in [6, 6.07) is 1.88. The Labute approximate surface area is 113 Å². The number of hydrogen-bond acceptors (Lipinski definition) is 3. The van der Waals surface area contributed by atoms with Crippen molar-refractivity contribution in [1.29, 1.82) is 0 Å². The lowest BCUT2D eigenvalue weighted by atomic mass is 9.91. The monoisotopic (exact) mass is 292 g/mol. The Kier molecular flexibility index (Phi) is 4.77. The lowest BCUT2D eigenvalue weighted by molar-refractivity contribution is -0.379. The van der Waals surface area contributed by atoms with Crippen molar-refractivity contribution in [1.82, 2.24) is 0 Å². The molecule has 0 radical (unpaired) electrons. The standard InChI is InChI=1S/C13H15F3O4/c1-12(2,20-13(16,19)11(14)15)9-6-4-3-5-8(9)7-10(17)18/h3-6,11,19H,7H2,1-2H3,(H,17,18). The van der Waals surface area contributed by atoms with Crippen molar-refractivity contribution in [3.05, 3.63) is 35.4 Å². The molecule has 0 fully saturated rings. The molecule has 1 rings (SSSR count). The predicted molar refractivity (Wildman–Crippen MR) is 64.0 cm³/mol. The highest BCUT2D eigenvalue weighted by Crippen LogP contribution is 2.34. The summed E-state index contributed by atoms with van der Waals surface area (Å²) in [5.41, 5.74) is -1.14. The molecule has 0 aliphatic rings. The van der Waals surface area contributed by atoms with Gasteiger partial charge in [-0.3, -0.25) is 4.79 Å². The van der Waals surface area contributed by atoms with E-state index in [4.69, 9.17) is 10.2 Å². The van der Waals surface area contributed by atoms with Gasteiger partial charge in [0.05, 0.1) is 12.0 Å². The topological polar surface area (TPSA) is 66.8 Å². The number of alkyl halides is 3. The van der Waals surface area contributed by atoms with Crippen LogP contribution < -0.4 is 0 Å². The molecule has 0 aliphatic heterocycles. The Morgan fingerprint density at radius 2 is 1.90 bits per heavy atom. The fraction of sp³-hybridized carbons (Fsp3) is 0.462. The second-order valence-corrected chi connectivity index (χ2v) is 4.75. The summed E-state index contributed by atoms with van der Waals surface area (Å²) in [6.45, 7) is 2.53. The van der Waals surface area contributed by atoms with E-state index in [0.29, 0.717) is 0 Å². The molecule has 0 heterocycles. The third-order valence-electron chi connectivity index (χ3n) is 2.68. The molecule has 0 aromatic heterocycles. The molecule has 7 heteroatoms. The van der Waals surface area contributed by atoms with Gasteiger partial charge in [0.1, 0.15) is 0 Å². The van der Waals surface area contributed by atoms with E-state index in [1.165, 1.54) is 32.0 Å². The molecule has 1 atom stereocenters. The first-order chi connectivity index (χ1) is 9.06. The molecule has 20 heavy (non-hydrogen) atoms. The van der Waals surface area contributed by atoms with Crippen molar-refractivity contribution in [2.24, 2.45) is 0 Å². The molecular formula is C13H15F3O4. The number of ether oxygens (including phenoxy) is 1. The van der Waals surface area contributed by atoms with Crippen LogP contribution in [0.5, 0.6) is 0 Å². The molecular weight excluding hydrogens is 277 g/mol. The molecule has 1 unspecified atom stereocenters. The highest BCUT2D eigenvalue weighted by molar-refractivity contribution is 5.70. The second-order valence-electron chi connectivity index (χ2n) is 4.75. The average Bonchev–Trinajstić information content (AvgIpc) is 2.26. The van der Waals surface area contributed by atoms with Gasteiger partial charge < -0.3 is 14.9 Å². The number of carbonyl (C=O) groups is 1. The molecule has 0 saturated carbocycles. The van der Waals surface area contributed by atoms with Crippen molar-refractivity contribution < 1.29 is 32.9 Å². The van der Waals surface area contributed by atoms with Gasteiger partial charge in [-0.1, -0.05) is 24.3 Å². The van der Waals surface area contributed by atoms with Crippen LogP contribution in [0, 0.1) is 0 Å². The van der Waals surface area contributed by atoms with Gasteiger partial charge in [-0.15, -0.1) is 0 Å². The van der Waals surface area contributed by atoms with E-state index in [0.717, 1.165) is 0 Å². The normalized spacial score (nSPS) is 15.2. The Bertz CT molecular complexity index is 486. The highest BCUT2D eigenvalue weighted by atomic mass is 19.3. The van der Waals surface area contributed by atoms with E-state index >= 15 is 0 Å². The summed E-state index contributed by atoms with van der Waals surface area (Å²) in [4.78, 5) is 10.8. The first kappa shape index (κ1) is 16.5. The maximum atomic E-state index is 13.3. The molecule has 0 amide bonds. The van der Waals surface area contributed by atoms with Gasteiger partial charge in [0, 0.05) is 0 Å². The van der Waals surface area contributed by atoms with Gasteiger partial charge in [-0.05, 0) is 25.0 Å². The highest BCUT2D eigenvalue weighted by Gasteiger charge is 2.45. The zero-order valence-electron chi connectivity index (χ0n) is 10.9. The molecule has 4 nitrogen and oxygen atoms in total. The number of carboxylic acid groups (broad SMARTS) is 1. The molecule has 0 bridgehead atoms. The molecule has 112 valence electrons. The molecule has 1 aromatic carbocycles. The van der Waals surface area contributed by atoms with Crippen molar-refractivity contribution in [2.45, 2.75) is 38.3 Å². The summed E-state index contributed by atoms with van der Waals surface area (Å²) >= 11 is 0. The van der Waals surface area contributed by atoms with Gasteiger partial charge in [0.15, 0.2) is 0 Å². The van der Waals surface area contributed by atoms with Crippen molar-refractivity contribution in [2.75, 3.05) is 0 Å². The van der Waals surface area contributed by atoms with Crippen molar-refractivity contribution in [3.63, 3.8) is 0 Å². The van der Waals surface area contributed by atoms with Crippen LogP contribution in [-0.4, -0.2) is 28.6 Å². The first-order valence-corrected chi connectivity index (χ1v) is 5.76. The fourth-order valence-corrected chi connectivity index (χ4v) is 1.88. The number of halogens is 3. The van der Waals surface area contributed by atoms with E-state index in [1.54, 1.807) is 6.07 Å². The Hall–Kier alpha value is -1.60. The van der Waals surface area contributed by atoms with E-state index in [2.05, 4.69) is 4.74 Å². The van der Waals surface area contributed by atoms with E-state index in [-0.39, 0.29) is 17.5 Å². The number of benzene rings is 1.